The standard InChI is InChI=1S/C49H54N2O6/c1-3-29(24-30-10-6-4-7-11-30)25-41-49-22-20-36(43(46(49)48(55)57-41)39-27-34(53)15-16-35(39)31-12-8-5-9-13-31)37-17-18-38-40(56-47(54)44(38)45(37)49)19-14-33(28-52)32-21-23-51-42(26-32)50-2/h4-13,15-16,19,25,27,29,32-33,36-37,42,45,50-53H,3,14,17-18,20-24,26,28H2,1-2H3. The molecule has 3 aromatic carbocycles. The van der Waals surface area contributed by atoms with Crippen LogP contribution in [0.15, 0.2) is 119 Å². The lowest BCUT2D eigenvalue weighted by Crippen LogP contribution is -2.52. The van der Waals surface area contributed by atoms with E-state index < -0.39 is 5.41 Å². The summed E-state index contributed by atoms with van der Waals surface area (Å²) in [5.74, 6) is 1.07. The van der Waals surface area contributed by atoms with Crippen molar-refractivity contribution >= 4 is 17.5 Å². The lowest BCUT2D eigenvalue weighted by atomic mass is 9.44. The third-order valence-electron chi connectivity index (χ3n) is 14.3. The first-order valence-corrected chi connectivity index (χ1v) is 21.1. The fraction of sp³-hybridized carbons (Fsp3) is 0.429. The lowest BCUT2D eigenvalue weighted by Gasteiger charge is -2.56. The van der Waals surface area contributed by atoms with Gasteiger partial charge in [-0.2, -0.15) is 0 Å². The number of hydrogen-bond acceptors (Lipinski definition) is 8. The number of phenols is 1. The fourth-order valence-corrected chi connectivity index (χ4v) is 11.6. The number of fused-ring (bicyclic) bond motifs is 1. The Morgan fingerprint density at radius 2 is 1.74 bits per heavy atom. The maximum Gasteiger partial charge on any atom is 0.340 e. The number of ether oxygens (including phenoxy) is 2. The molecule has 2 saturated heterocycles. The molecule has 7 aliphatic rings. The Bertz CT molecular complexity index is 2170. The number of aliphatic hydroxyl groups is 1. The maximum atomic E-state index is 14.7. The molecule has 8 heteroatoms. The van der Waals surface area contributed by atoms with Gasteiger partial charge in [0.05, 0.1) is 17.2 Å². The molecule has 3 aliphatic heterocycles. The molecule has 8 unspecified atom stereocenters. The van der Waals surface area contributed by atoms with Gasteiger partial charge in [-0.1, -0.05) is 73.7 Å². The average Bonchev–Trinajstić information content (AvgIpc) is 3.73. The molecule has 4 N–H and O–H groups in total. The van der Waals surface area contributed by atoms with Crippen LogP contribution in [-0.2, 0) is 25.5 Å². The highest BCUT2D eigenvalue weighted by molar-refractivity contribution is 6.07. The quantitative estimate of drug-likeness (QED) is 0.144. The molecular formula is C49H54N2O6. The first kappa shape index (κ1) is 37.8. The van der Waals surface area contributed by atoms with Crippen molar-refractivity contribution in [2.24, 2.45) is 40.9 Å². The van der Waals surface area contributed by atoms with Crippen LogP contribution in [0, 0.1) is 40.9 Å². The summed E-state index contributed by atoms with van der Waals surface area (Å²) in [6.45, 7) is 3.15. The van der Waals surface area contributed by atoms with Crippen molar-refractivity contribution in [3.8, 4) is 16.9 Å². The van der Waals surface area contributed by atoms with Gasteiger partial charge < -0.3 is 30.3 Å². The molecule has 1 spiro atoms. The largest absolute Gasteiger partial charge is 0.508 e. The number of phenolic OH excluding ortho intramolecular Hbond substituents is 1. The van der Waals surface area contributed by atoms with E-state index in [0.29, 0.717) is 47.8 Å². The van der Waals surface area contributed by atoms with Crippen LogP contribution in [0.2, 0.25) is 0 Å². The summed E-state index contributed by atoms with van der Waals surface area (Å²) in [6.07, 6.45) is 11.8. The summed E-state index contributed by atoms with van der Waals surface area (Å²) in [4.78, 5) is 29.1. The van der Waals surface area contributed by atoms with E-state index in [9.17, 15) is 19.8 Å². The molecule has 3 heterocycles. The van der Waals surface area contributed by atoms with E-state index >= 15 is 0 Å². The molecule has 3 aromatic rings. The monoisotopic (exact) mass is 766 g/mol. The number of carbonyl (C=O) groups is 2. The molecular weight excluding hydrogens is 713 g/mol. The zero-order valence-corrected chi connectivity index (χ0v) is 33.0. The molecule has 0 aromatic heterocycles. The Balaban J connectivity index is 1.18. The number of hydrogen-bond donors (Lipinski definition) is 4. The van der Waals surface area contributed by atoms with Crippen molar-refractivity contribution in [2.75, 3.05) is 20.2 Å². The SMILES string of the molecule is CCC(C=C1OC(=O)C2=C(c3cc(O)ccc3-c3ccccc3)C3CCC12C1C2=C(CCC31)C(=CCC(CO)C1CCNC(NC)C1)OC2=O)Cc1ccccc1. The van der Waals surface area contributed by atoms with Crippen molar-refractivity contribution in [3.63, 3.8) is 0 Å². The van der Waals surface area contributed by atoms with Gasteiger partial charge in [0.15, 0.2) is 0 Å². The van der Waals surface area contributed by atoms with Crippen LogP contribution < -0.4 is 10.6 Å². The van der Waals surface area contributed by atoms with E-state index in [4.69, 9.17) is 9.47 Å². The van der Waals surface area contributed by atoms with Gasteiger partial charge in [0.1, 0.15) is 17.3 Å². The van der Waals surface area contributed by atoms with Crippen LogP contribution in [0.1, 0.15) is 69.4 Å². The van der Waals surface area contributed by atoms with Gasteiger partial charge in [-0.3, -0.25) is 0 Å². The van der Waals surface area contributed by atoms with Crippen LogP contribution in [0.5, 0.6) is 5.75 Å². The van der Waals surface area contributed by atoms with Gasteiger partial charge in [-0.25, -0.2) is 9.59 Å². The highest BCUT2D eigenvalue weighted by atomic mass is 16.5. The highest BCUT2D eigenvalue weighted by Gasteiger charge is 2.68. The number of allylic oxidation sites excluding steroid dienone is 5. The number of carbonyl (C=O) groups excluding carboxylic acids is 2. The molecule has 2 bridgehead atoms. The molecule has 57 heavy (non-hydrogen) atoms. The van der Waals surface area contributed by atoms with Crippen LogP contribution >= 0.6 is 0 Å². The van der Waals surface area contributed by atoms with E-state index in [2.05, 4.69) is 66.1 Å². The van der Waals surface area contributed by atoms with E-state index in [1.807, 2.05) is 43.4 Å². The number of rotatable bonds is 11. The summed E-state index contributed by atoms with van der Waals surface area (Å²) >= 11 is 0. The van der Waals surface area contributed by atoms with E-state index in [0.717, 1.165) is 72.9 Å². The Morgan fingerprint density at radius 1 is 0.947 bits per heavy atom. The van der Waals surface area contributed by atoms with Crippen LogP contribution in [-0.4, -0.2) is 48.5 Å². The predicted molar refractivity (Wildman–Crippen MR) is 220 cm³/mol. The van der Waals surface area contributed by atoms with E-state index in [1.165, 1.54) is 5.56 Å². The molecule has 1 saturated carbocycles. The number of aromatic hydroxyl groups is 1. The summed E-state index contributed by atoms with van der Waals surface area (Å²) in [5, 5.41) is 28.4. The summed E-state index contributed by atoms with van der Waals surface area (Å²) < 4.78 is 12.8. The second-order valence-corrected chi connectivity index (χ2v) is 17.1. The van der Waals surface area contributed by atoms with E-state index in [1.54, 1.807) is 6.07 Å². The van der Waals surface area contributed by atoms with Crippen LogP contribution in [0.3, 0.4) is 0 Å². The minimum absolute atomic E-state index is 0.0111. The van der Waals surface area contributed by atoms with Gasteiger partial charge in [-0.15, -0.1) is 0 Å². The smallest absolute Gasteiger partial charge is 0.340 e. The highest BCUT2D eigenvalue weighted by Crippen LogP contribution is 2.72. The van der Waals surface area contributed by atoms with Gasteiger partial charge >= 0.3 is 11.9 Å². The maximum absolute atomic E-state index is 14.7. The Kier molecular flexibility index (Phi) is 10.3. The number of piperidine rings is 1. The number of benzene rings is 3. The minimum atomic E-state index is -0.851. The first-order chi connectivity index (χ1) is 27.8. The van der Waals surface area contributed by atoms with Gasteiger partial charge in [0.25, 0.3) is 0 Å². The molecule has 8 atom stereocenters. The summed E-state index contributed by atoms with van der Waals surface area (Å²) in [7, 11) is 1.96. The number of nitrogens with one attached hydrogen (secondary N) is 2. The number of aliphatic hydroxyl groups excluding tert-OH is 1. The molecule has 10 rings (SSSR count). The predicted octanol–water partition coefficient (Wildman–Crippen LogP) is 8.24. The van der Waals surface area contributed by atoms with Crippen molar-refractivity contribution in [2.45, 2.75) is 70.9 Å². The van der Waals surface area contributed by atoms with Crippen LogP contribution in [0.25, 0.3) is 16.7 Å². The minimum Gasteiger partial charge on any atom is -0.508 e. The van der Waals surface area contributed by atoms with Crippen molar-refractivity contribution in [3.05, 3.63) is 130 Å². The summed E-state index contributed by atoms with van der Waals surface area (Å²) in [6, 6.07) is 26.1. The topological polar surface area (TPSA) is 117 Å². The first-order valence-electron chi connectivity index (χ1n) is 21.1. The van der Waals surface area contributed by atoms with Gasteiger partial charge in [0, 0.05) is 23.7 Å². The lowest BCUT2D eigenvalue weighted by molar-refractivity contribution is -0.135. The second kappa shape index (κ2) is 15.5. The Hall–Kier alpha value is -4.76. The number of cyclic esters (lactones) is 2. The molecule has 0 amide bonds. The molecule has 0 radical (unpaired) electrons. The van der Waals surface area contributed by atoms with E-state index in [-0.39, 0.29) is 60.1 Å². The number of esters is 2. The van der Waals surface area contributed by atoms with Crippen molar-refractivity contribution in [1.29, 1.82) is 0 Å². The summed E-state index contributed by atoms with van der Waals surface area (Å²) in [5.41, 5.74) is 6.47. The average molecular weight is 767 g/mol. The fourth-order valence-electron chi connectivity index (χ4n) is 11.6. The Morgan fingerprint density at radius 3 is 2.49 bits per heavy atom. The van der Waals surface area contributed by atoms with Crippen molar-refractivity contribution < 1.29 is 29.3 Å². The second-order valence-electron chi connectivity index (χ2n) is 17.1. The van der Waals surface area contributed by atoms with Crippen LogP contribution in [0.4, 0.5) is 0 Å². The normalized spacial score (nSPS) is 30.3. The van der Waals surface area contributed by atoms with Gasteiger partial charge in [0.2, 0.25) is 0 Å². The zero-order chi connectivity index (χ0) is 39.3. The Labute approximate surface area is 335 Å². The molecule has 8 nitrogen and oxygen atoms in total. The zero-order valence-electron chi connectivity index (χ0n) is 33.0. The van der Waals surface area contributed by atoms with Gasteiger partial charge in [-0.05, 0) is 153 Å². The molecule has 4 aliphatic carbocycles. The third kappa shape index (κ3) is 6.50. The third-order valence-corrected chi connectivity index (χ3v) is 14.3. The molecule has 3 fully saturated rings. The van der Waals surface area contributed by atoms with Crippen molar-refractivity contribution in [1.82, 2.24) is 10.6 Å². The molecule has 296 valence electrons.